The van der Waals surface area contributed by atoms with E-state index in [1.807, 2.05) is 0 Å². The number of hydrogen-bond donors (Lipinski definition) is 2. The zero-order valence-corrected chi connectivity index (χ0v) is 13.4. The van der Waals surface area contributed by atoms with Gasteiger partial charge in [-0.1, -0.05) is 0 Å². The lowest BCUT2D eigenvalue weighted by atomic mass is 9.72. The Balaban J connectivity index is 1.58. The fraction of sp³-hybridized carbons (Fsp3) is 0.353. The molecule has 7 nitrogen and oxygen atoms in total. The summed E-state index contributed by atoms with van der Waals surface area (Å²) in [5.41, 5.74) is 0.429. The van der Waals surface area contributed by atoms with Gasteiger partial charge in [0.05, 0.1) is 0 Å². The quantitative estimate of drug-likeness (QED) is 0.879. The first-order valence-electron chi connectivity index (χ1n) is 7.96. The highest BCUT2D eigenvalue weighted by molar-refractivity contribution is 5.96. The van der Waals surface area contributed by atoms with E-state index in [9.17, 15) is 19.1 Å². The minimum absolute atomic E-state index is 0.0827. The Hall–Kier alpha value is -2.90. The number of rotatable bonds is 3. The maximum atomic E-state index is 13.5. The summed E-state index contributed by atoms with van der Waals surface area (Å²) >= 11 is 0. The van der Waals surface area contributed by atoms with Crippen LogP contribution in [-0.4, -0.2) is 46.4 Å². The number of nitrogens with zero attached hydrogens (tertiary/aromatic N) is 2. The molecule has 130 valence electrons. The number of halogens is 1. The molecule has 3 unspecified atom stereocenters. The van der Waals surface area contributed by atoms with E-state index < -0.39 is 11.6 Å². The standard InChI is InChI=1S/C17H16FN3O4/c1-19-16(23)14-15(25-7-20-14)13-9-5-11(13)21(6-9)17(24)8-2-3-12(22)10(18)4-8/h2-4,7,9,11,13,22H,5-6H2,1H3,(H,19,23). The van der Waals surface area contributed by atoms with E-state index >= 15 is 0 Å². The highest BCUT2D eigenvalue weighted by Crippen LogP contribution is 2.53. The Labute approximate surface area is 142 Å². The van der Waals surface area contributed by atoms with E-state index in [0.29, 0.717) is 12.3 Å². The van der Waals surface area contributed by atoms with Gasteiger partial charge in [0, 0.05) is 31.1 Å². The third-order valence-corrected chi connectivity index (χ3v) is 5.09. The molecule has 3 fully saturated rings. The van der Waals surface area contributed by atoms with Crippen molar-refractivity contribution in [3.8, 4) is 5.75 Å². The number of phenolic OH excluding ortho intramolecular Hbond substituents is 1. The Morgan fingerprint density at radius 2 is 2.24 bits per heavy atom. The van der Waals surface area contributed by atoms with Crippen LogP contribution in [0.4, 0.5) is 4.39 Å². The lowest BCUT2D eigenvalue weighted by Crippen LogP contribution is -2.40. The van der Waals surface area contributed by atoms with Crippen LogP contribution in [0.25, 0.3) is 0 Å². The summed E-state index contributed by atoms with van der Waals surface area (Å²) in [7, 11) is 1.52. The first-order chi connectivity index (χ1) is 12.0. The van der Waals surface area contributed by atoms with Gasteiger partial charge < -0.3 is 19.7 Å². The summed E-state index contributed by atoms with van der Waals surface area (Å²) in [5.74, 6) is -1.34. The number of carbonyl (C=O) groups is 2. The van der Waals surface area contributed by atoms with Crippen molar-refractivity contribution >= 4 is 11.8 Å². The van der Waals surface area contributed by atoms with Crippen LogP contribution in [0.5, 0.6) is 5.75 Å². The molecule has 2 bridgehead atoms. The number of aromatic nitrogens is 1. The van der Waals surface area contributed by atoms with Crippen molar-refractivity contribution in [2.75, 3.05) is 13.6 Å². The first kappa shape index (κ1) is 15.6. The maximum absolute atomic E-state index is 13.5. The largest absolute Gasteiger partial charge is 0.505 e. The van der Waals surface area contributed by atoms with Crippen LogP contribution in [0.1, 0.15) is 38.9 Å². The number of phenols is 1. The SMILES string of the molecule is CNC(=O)c1ncoc1C1C2CC1N(C(=O)c1ccc(O)c(F)c1)C2. The summed E-state index contributed by atoms with van der Waals surface area (Å²) in [6, 6.07) is 3.49. The van der Waals surface area contributed by atoms with Gasteiger partial charge in [-0.25, -0.2) is 9.37 Å². The molecule has 25 heavy (non-hydrogen) atoms. The molecule has 3 aliphatic rings. The van der Waals surface area contributed by atoms with E-state index in [1.54, 1.807) is 4.90 Å². The molecular weight excluding hydrogens is 329 g/mol. The molecule has 1 aliphatic carbocycles. The van der Waals surface area contributed by atoms with E-state index in [4.69, 9.17) is 4.42 Å². The van der Waals surface area contributed by atoms with E-state index in [1.165, 1.54) is 25.6 Å². The Morgan fingerprint density at radius 3 is 2.96 bits per heavy atom. The van der Waals surface area contributed by atoms with Gasteiger partial charge in [-0.3, -0.25) is 9.59 Å². The molecule has 3 atom stereocenters. The van der Waals surface area contributed by atoms with E-state index in [0.717, 1.165) is 12.5 Å². The average molecular weight is 345 g/mol. The number of oxazole rings is 1. The van der Waals surface area contributed by atoms with Crippen LogP contribution in [0, 0.1) is 11.7 Å². The van der Waals surface area contributed by atoms with Crippen molar-refractivity contribution in [3.63, 3.8) is 0 Å². The third kappa shape index (κ3) is 2.28. The lowest BCUT2D eigenvalue weighted by Gasteiger charge is -2.35. The van der Waals surface area contributed by atoms with Gasteiger partial charge in [-0.05, 0) is 30.5 Å². The van der Waals surface area contributed by atoms with Crippen molar-refractivity contribution in [1.82, 2.24) is 15.2 Å². The minimum atomic E-state index is -0.828. The molecule has 0 radical (unpaired) electrons. The summed E-state index contributed by atoms with van der Waals surface area (Å²) in [6.45, 7) is 0.518. The number of nitrogens with one attached hydrogen (secondary N) is 1. The number of fused-ring (bicyclic) bond motifs is 1. The van der Waals surface area contributed by atoms with Gasteiger partial charge in [0.15, 0.2) is 23.7 Å². The molecule has 1 aromatic heterocycles. The van der Waals surface area contributed by atoms with E-state index in [-0.39, 0.29) is 40.9 Å². The Kier molecular flexibility index (Phi) is 3.48. The topological polar surface area (TPSA) is 95.7 Å². The van der Waals surface area contributed by atoms with Crippen molar-refractivity contribution in [3.05, 3.63) is 47.4 Å². The summed E-state index contributed by atoms with van der Waals surface area (Å²) in [4.78, 5) is 30.2. The molecule has 1 saturated carbocycles. The molecule has 3 heterocycles. The van der Waals surface area contributed by atoms with Crippen LogP contribution in [0.15, 0.2) is 29.0 Å². The van der Waals surface area contributed by atoms with Crippen LogP contribution in [0.2, 0.25) is 0 Å². The van der Waals surface area contributed by atoms with Crippen LogP contribution < -0.4 is 5.32 Å². The Bertz CT molecular complexity index is 865. The lowest BCUT2D eigenvalue weighted by molar-refractivity contribution is 0.0729. The second-order valence-corrected chi connectivity index (χ2v) is 6.36. The summed E-state index contributed by atoms with van der Waals surface area (Å²) in [5, 5.41) is 11.8. The molecule has 0 spiro atoms. The second kappa shape index (κ2) is 5.58. The molecule has 2 saturated heterocycles. The van der Waals surface area contributed by atoms with Crippen LogP contribution in [-0.2, 0) is 0 Å². The number of aromatic hydroxyl groups is 1. The fourth-order valence-electron chi connectivity index (χ4n) is 3.83. The average Bonchev–Trinajstić information content (AvgIpc) is 3.30. The van der Waals surface area contributed by atoms with Crippen molar-refractivity contribution < 1.29 is 23.5 Å². The monoisotopic (exact) mass is 345 g/mol. The van der Waals surface area contributed by atoms with Crippen LogP contribution >= 0.6 is 0 Å². The molecule has 1 aromatic carbocycles. The number of carbonyl (C=O) groups excluding carboxylic acids is 2. The maximum Gasteiger partial charge on any atom is 0.273 e. The predicted octanol–water partition coefficient (Wildman–Crippen LogP) is 1.51. The second-order valence-electron chi connectivity index (χ2n) is 6.36. The zero-order valence-electron chi connectivity index (χ0n) is 13.4. The van der Waals surface area contributed by atoms with Gasteiger partial charge in [0.2, 0.25) is 0 Å². The van der Waals surface area contributed by atoms with Gasteiger partial charge in [-0.15, -0.1) is 0 Å². The zero-order chi connectivity index (χ0) is 17.7. The molecule has 2 amide bonds. The third-order valence-electron chi connectivity index (χ3n) is 5.09. The molecule has 2 aromatic rings. The van der Waals surface area contributed by atoms with Crippen molar-refractivity contribution in [2.45, 2.75) is 18.4 Å². The molecular formula is C17H16FN3O4. The smallest absolute Gasteiger partial charge is 0.273 e. The van der Waals surface area contributed by atoms with Gasteiger partial charge in [-0.2, -0.15) is 0 Å². The fourth-order valence-corrected chi connectivity index (χ4v) is 3.83. The van der Waals surface area contributed by atoms with E-state index in [2.05, 4.69) is 10.3 Å². The molecule has 2 aliphatic heterocycles. The van der Waals surface area contributed by atoms with Gasteiger partial charge in [0.1, 0.15) is 5.76 Å². The normalized spacial score (nSPS) is 24.1. The highest BCUT2D eigenvalue weighted by atomic mass is 19.1. The number of amides is 2. The Morgan fingerprint density at radius 1 is 1.44 bits per heavy atom. The highest BCUT2D eigenvalue weighted by Gasteiger charge is 2.56. The van der Waals surface area contributed by atoms with Crippen molar-refractivity contribution in [1.29, 1.82) is 0 Å². The molecule has 2 N–H and O–H groups in total. The van der Waals surface area contributed by atoms with Gasteiger partial charge >= 0.3 is 0 Å². The number of hydrogen-bond acceptors (Lipinski definition) is 5. The van der Waals surface area contributed by atoms with Gasteiger partial charge in [0.25, 0.3) is 11.8 Å². The summed E-state index contributed by atoms with van der Waals surface area (Å²) < 4.78 is 19.0. The van der Waals surface area contributed by atoms with Crippen LogP contribution in [0.3, 0.4) is 0 Å². The minimum Gasteiger partial charge on any atom is -0.505 e. The van der Waals surface area contributed by atoms with Crippen molar-refractivity contribution in [2.24, 2.45) is 5.92 Å². The molecule has 5 rings (SSSR count). The number of benzene rings is 1. The predicted molar refractivity (Wildman–Crippen MR) is 83.6 cm³/mol. The summed E-state index contributed by atoms with van der Waals surface area (Å²) in [6.07, 6.45) is 2.05. The molecule has 8 heteroatoms. The first-order valence-corrected chi connectivity index (χ1v) is 7.96.